The fourth-order valence-electron chi connectivity index (χ4n) is 5.29. The summed E-state index contributed by atoms with van der Waals surface area (Å²) in [4.78, 5) is 15.8. The number of sulfonamides is 1. The second kappa shape index (κ2) is 10.3. The smallest absolute Gasteiger partial charge is 0.243 e. The molecule has 2 atom stereocenters. The predicted molar refractivity (Wildman–Crippen MR) is 147 cm³/mol. The summed E-state index contributed by atoms with van der Waals surface area (Å²) in [6.45, 7) is 1.66. The molecule has 4 aromatic rings. The first-order valence-electron chi connectivity index (χ1n) is 12.8. The molecule has 0 amide bonds. The van der Waals surface area contributed by atoms with E-state index in [0.29, 0.717) is 23.1 Å². The summed E-state index contributed by atoms with van der Waals surface area (Å²) in [5, 5.41) is 6.20. The Kier molecular flexibility index (Phi) is 6.71. The second-order valence-corrected chi connectivity index (χ2v) is 11.8. The van der Waals surface area contributed by atoms with Gasteiger partial charge in [0.15, 0.2) is 0 Å². The zero-order valence-corrected chi connectivity index (χ0v) is 22.1. The van der Waals surface area contributed by atoms with E-state index in [4.69, 9.17) is 0 Å². The van der Waals surface area contributed by atoms with Crippen LogP contribution in [0.15, 0.2) is 84.0 Å². The second-order valence-electron chi connectivity index (χ2n) is 9.77. The highest BCUT2D eigenvalue weighted by atomic mass is 32.2. The minimum absolute atomic E-state index is 0.0926. The Balaban J connectivity index is 1.12. The Labute approximate surface area is 226 Å². The number of hydrogen-bond donors (Lipinski definition) is 2. The number of nitrogens with one attached hydrogen (secondary N) is 2. The molecule has 0 saturated carbocycles. The summed E-state index contributed by atoms with van der Waals surface area (Å²) in [6.07, 6.45) is 4.93. The van der Waals surface area contributed by atoms with Crippen molar-refractivity contribution in [2.75, 3.05) is 24.2 Å². The van der Waals surface area contributed by atoms with Crippen molar-refractivity contribution in [3.8, 4) is 0 Å². The van der Waals surface area contributed by atoms with Gasteiger partial charge in [-0.1, -0.05) is 6.07 Å². The third-order valence-electron chi connectivity index (χ3n) is 7.40. The molecule has 0 bridgehead atoms. The minimum Gasteiger partial charge on any atom is -0.340 e. The number of anilines is 4. The number of nitrogens with zero attached hydrogens (tertiary/aromatic N) is 5. The highest BCUT2D eigenvalue weighted by Gasteiger charge is 2.40. The molecule has 11 heteroatoms. The van der Waals surface area contributed by atoms with Gasteiger partial charge in [0, 0.05) is 56.0 Å². The van der Waals surface area contributed by atoms with Crippen molar-refractivity contribution < 1.29 is 12.8 Å². The molecule has 200 valence electrons. The molecular formula is C28H28FN7O2S. The van der Waals surface area contributed by atoms with Crippen molar-refractivity contribution in [3.05, 3.63) is 96.2 Å². The highest BCUT2D eigenvalue weighted by molar-refractivity contribution is 7.89. The topological polar surface area (TPSA) is 103 Å². The number of pyridine rings is 1. The van der Waals surface area contributed by atoms with Gasteiger partial charge in [0.1, 0.15) is 11.6 Å². The molecule has 2 unspecified atom stereocenters. The summed E-state index contributed by atoms with van der Waals surface area (Å²) in [7, 11) is -2.00. The third-order valence-corrected chi connectivity index (χ3v) is 9.32. The van der Waals surface area contributed by atoms with Gasteiger partial charge >= 0.3 is 0 Å². The van der Waals surface area contributed by atoms with Crippen LogP contribution in [0.2, 0.25) is 0 Å². The van der Waals surface area contributed by atoms with Gasteiger partial charge in [-0.15, -0.1) is 0 Å². The van der Waals surface area contributed by atoms with E-state index >= 15 is 0 Å². The molecule has 1 fully saturated rings. The van der Waals surface area contributed by atoms with E-state index in [1.165, 1.54) is 22.0 Å². The first kappa shape index (κ1) is 25.4. The monoisotopic (exact) mass is 545 g/mol. The lowest BCUT2D eigenvalue weighted by atomic mass is 9.95. The molecule has 2 aliphatic heterocycles. The van der Waals surface area contributed by atoms with Crippen LogP contribution in [0.25, 0.3) is 0 Å². The number of aromatic nitrogens is 3. The third kappa shape index (κ3) is 5.20. The summed E-state index contributed by atoms with van der Waals surface area (Å²) < 4.78 is 41.7. The lowest BCUT2D eigenvalue weighted by Crippen LogP contribution is -2.45. The van der Waals surface area contributed by atoms with Crippen molar-refractivity contribution in [2.45, 2.75) is 36.4 Å². The van der Waals surface area contributed by atoms with E-state index in [2.05, 4.69) is 36.6 Å². The number of rotatable bonds is 7. The molecule has 0 aliphatic carbocycles. The molecule has 4 heterocycles. The standard InChI is InChI=1S/C28H28FN7O2S/c1-35(22-13-16-36-18-25-24(26(36)17-22)3-2-14-30-25)39(37,38)23-10-8-21(9-11-23)33-28-31-15-12-27(34-28)32-20-6-4-19(29)5-7-20/h2-12,14-15,22,26H,13,16-18H2,1H3,(H2,31,32,33,34). The molecule has 0 spiro atoms. The largest absolute Gasteiger partial charge is 0.340 e. The van der Waals surface area contributed by atoms with Crippen LogP contribution in [0.1, 0.15) is 30.1 Å². The predicted octanol–water partition coefficient (Wildman–Crippen LogP) is 4.84. The Morgan fingerprint density at radius 3 is 2.49 bits per heavy atom. The van der Waals surface area contributed by atoms with Gasteiger partial charge in [0.05, 0.1) is 10.6 Å². The Bertz CT molecular complexity index is 1580. The molecule has 39 heavy (non-hydrogen) atoms. The Hall–Kier alpha value is -3.93. The normalized spacial score (nSPS) is 18.9. The molecule has 9 nitrogen and oxygen atoms in total. The summed E-state index contributed by atoms with van der Waals surface area (Å²) in [6, 6.07) is 18.4. The number of halogens is 1. The molecule has 6 rings (SSSR count). The van der Waals surface area contributed by atoms with Gasteiger partial charge in [-0.05, 0) is 79.1 Å². The molecule has 1 saturated heterocycles. The van der Waals surface area contributed by atoms with Crippen LogP contribution in [-0.2, 0) is 16.6 Å². The maximum atomic E-state index is 13.5. The molecule has 2 aromatic heterocycles. The van der Waals surface area contributed by atoms with Crippen LogP contribution in [0, 0.1) is 5.82 Å². The van der Waals surface area contributed by atoms with Gasteiger partial charge in [-0.2, -0.15) is 9.29 Å². The van der Waals surface area contributed by atoms with Crippen LogP contribution >= 0.6 is 0 Å². The Morgan fingerprint density at radius 2 is 1.69 bits per heavy atom. The van der Waals surface area contributed by atoms with E-state index in [9.17, 15) is 12.8 Å². The molecule has 2 N–H and O–H groups in total. The van der Waals surface area contributed by atoms with E-state index in [1.807, 2.05) is 12.3 Å². The number of piperidine rings is 1. The number of benzene rings is 2. The summed E-state index contributed by atoms with van der Waals surface area (Å²) >= 11 is 0. The van der Waals surface area contributed by atoms with Gasteiger partial charge in [0.2, 0.25) is 16.0 Å². The lowest BCUT2D eigenvalue weighted by molar-refractivity contribution is 0.116. The SMILES string of the molecule is CN(C1CCN2Cc3ncccc3C2C1)S(=O)(=O)c1ccc(Nc2nccc(Nc3ccc(F)cc3)n2)cc1. The van der Waals surface area contributed by atoms with Crippen LogP contribution in [-0.4, -0.2) is 52.2 Å². The highest BCUT2D eigenvalue weighted by Crippen LogP contribution is 2.40. The Morgan fingerprint density at radius 1 is 0.949 bits per heavy atom. The molecule has 0 radical (unpaired) electrons. The first-order chi connectivity index (χ1) is 18.9. The van der Waals surface area contributed by atoms with Crippen LogP contribution in [0.4, 0.5) is 27.5 Å². The van der Waals surface area contributed by atoms with Crippen LogP contribution in [0.5, 0.6) is 0 Å². The van der Waals surface area contributed by atoms with E-state index < -0.39 is 10.0 Å². The molecular weight excluding hydrogens is 517 g/mol. The van der Waals surface area contributed by atoms with Crippen molar-refractivity contribution in [3.63, 3.8) is 0 Å². The van der Waals surface area contributed by atoms with Crippen molar-refractivity contribution in [1.29, 1.82) is 0 Å². The van der Waals surface area contributed by atoms with Gasteiger partial charge in [0.25, 0.3) is 0 Å². The van der Waals surface area contributed by atoms with Gasteiger partial charge < -0.3 is 10.6 Å². The van der Waals surface area contributed by atoms with E-state index in [1.54, 1.807) is 55.7 Å². The number of hydrogen-bond acceptors (Lipinski definition) is 8. The maximum absolute atomic E-state index is 13.5. The summed E-state index contributed by atoms with van der Waals surface area (Å²) in [5.41, 5.74) is 3.65. The lowest BCUT2D eigenvalue weighted by Gasteiger charge is -2.38. The van der Waals surface area contributed by atoms with Crippen molar-refractivity contribution in [1.82, 2.24) is 24.2 Å². The van der Waals surface area contributed by atoms with E-state index in [-0.39, 0.29) is 22.8 Å². The minimum atomic E-state index is -3.68. The van der Waals surface area contributed by atoms with Crippen molar-refractivity contribution >= 4 is 33.2 Å². The fraction of sp³-hybridized carbons (Fsp3) is 0.250. The average Bonchev–Trinajstić information content (AvgIpc) is 3.32. The van der Waals surface area contributed by atoms with Crippen molar-refractivity contribution in [2.24, 2.45) is 0 Å². The molecule has 2 aliphatic rings. The average molecular weight is 546 g/mol. The zero-order chi connectivity index (χ0) is 27.0. The van der Waals surface area contributed by atoms with Gasteiger partial charge in [-0.25, -0.2) is 17.8 Å². The maximum Gasteiger partial charge on any atom is 0.243 e. The van der Waals surface area contributed by atoms with Gasteiger partial charge in [-0.3, -0.25) is 9.88 Å². The summed E-state index contributed by atoms with van der Waals surface area (Å²) in [5.74, 6) is 0.560. The quantitative estimate of drug-likeness (QED) is 0.340. The van der Waals surface area contributed by atoms with Crippen LogP contribution < -0.4 is 10.6 Å². The fourth-order valence-corrected chi connectivity index (χ4v) is 6.68. The molecule has 2 aromatic carbocycles. The van der Waals surface area contributed by atoms with E-state index in [0.717, 1.165) is 31.6 Å². The van der Waals surface area contributed by atoms with Crippen LogP contribution in [0.3, 0.4) is 0 Å². The number of fused-ring (bicyclic) bond motifs is 3. The zero-order valence-electron chi connectivity index (χ0n) is 21.3. The first-order valence-corrected chi connectivity index (χ1v) is 14.2.